The number of ether oxygens (including phenoxy) is 3. The fraction of sp³-hybridized carbons (Fsp3) is 0.333. The quantitative estimate of drug-likeness (QED) is 0.364. The number of hydrogen-bond acceptors (Lipinski definition) is 7. The predicted octanol–water partition coefficient (Wildman–Crippen LogP) is 2.35. The van der Waals surface area contributed by atoms with Crippen LogP contribution in [0.15, 0.2) is 52.4 Å². The van der Waals surface area contributed by atoms with Crippen LogP contribution in [0.25, 0.3) is 0 Å². The Kier molecular flexibility index (Phi) is 8.14. The van der Waals surface area contributed by atoms with Gasteiger partial charge in [0, 0.05) is 12.4 Å². The summed E-state index contributed by atoms with van der Waals surface area (Å²) in [4.78, 5) is 40.8. The lowest BCUT2D eigenvalue weighted by atomic mass is 10.1. The van der Waals surface area contributed by atoms with Crippen molar-refractivity contribution in [1.29, 1.82) is 0 Å². The Morgan fingerprint density at radius 1 is 1.07 bits per heavy atom. The number of pyridine rings is 1. The summed E-state index contributed by atoms with van der Waals surface area (Å²) < 4.78 is 16.4. The zero-order valence-electron chi connectivity index (χ0n) is 16.7. The first-order chi connectivity index (χ1) is 14.0. The molecule has 1 aromatic heterocycles. The van der Waals surface area contributed by atoms with Gasteiger partial charge in [0.15, 0.2) is 5.92 Å². The number of benzene rings is 1. The average Bonchev–Trinajstić information content (AvgIpc) is 2.71. The van der Waals surface area contributed by atoms with Crippen LogP contribution in [0, 0.1) is 5.92 Å². The van der Waals surface area contributed by atoms with Gasteiger partial charge in [-0.2, -0.15) is 0 Å². The summed E-state index contributed by atoms with van der Waals surface area (Å²) in [5.74, 6) is -2.15. The van der Waals surface area contributed by atoms with Gasteiger partial charge in [0.1, 0.15) is 11.4 Å². The molecule has 0 amide bonds. The van der Waals surface area contributed by atoms with Crippen molar-refractivity contribution < 1.29 is 23.8 Å². The van der Waals surface area contributed by atoms with Gasteiger partial charge in [0.25, 0.3) is 5.56 Å². The number of hydrogen-bond donors (Lipinski definition) is 0. The summed E-state index contributed by atoms with van der Waals surface area (Å²) in [6.07, 6.45) is 2.73. The van der Waals surface area contributed by atoms with E-state index >= 15 is 0 Å². The molecular weight excluding hydrogens is 376 g/mol. The van der Waals surface area contributed by atoms with Gasteiger partial charge in [0.2, 0.25) is 0 Å². The molecule has 0 atom stereocenters. The average molecular weight is 400 g/mol. The van der Waals surface area contributed by atoms with Crippen molar-refractivity contribution in [3.63, 3.8) is 0 Å². The molecule has 1 aromatic carbocycles. The standard InChI is InChI=1S/C21H24N2O6/c1-4-28-20(25)17(21(26)29-5-2)13-22-18-7-6-12-23(19(18)24)14-15-8-10-16(27-3)11-9-15/h6-13,17H,4-5,14H2,1-3H3. The van der Waals surface area contributed by atoms with Crippen molar-refractivity contribution in [3.05, 3.63) is 58.5 Å². The summed E-state index contributed by atoms with van der Waals surface area (Å²) in [6, 6.07) is 10.5. The Morgan fingerprint density at radius 2 is 1.69 bits per heavy atom. The minimum absolute atomic E-state index is 0.0969. The van der Waals surface area contributed by atoms with Crippen molar-refractivity contribution in [2.45, 2.75) is 20.4 Å². The third-order valence-corrected chi connectivity index (χ3v) is 3.96. The Bertz CT molecular complexity index is 900. The minimum Gasteiger partial charge on any atom is -0.497 e. The van der Waals surface area contributed by atoms with E-state index in [1.807, 2.05) is 24.3 Å². The maximum atomic E-state index is 12.7. The van der Waals surface area contributed by atoms with Crippen molar-refractivity contribution in [2.24, 2.45) is 10.9 Å². The van der Waals surface area contributed by atoms with Gasteiger partial charge in [-0.05, 0) is 43.7 Å². The molecule has 2 rings (SSSR count). The van der Waals surface area contributed by atoms with E-state index in [1.54, 1.807) is 33.2 Å². The number of nitrogens with zero attached hydrogens (tertiary/aromatic N) is 2. The molecule has 0 bridgehead atoms. The number of aliphatic imine (C=N–C) groups is 1. The minimum atomic E-state index is -1.33. The smallest absolute Gasteiger partial charge is 0.325 e. The van der Waals surface area contributed by atoms with Gasteiger partial charge in [-0.25, -0.2) is 0 Å². The zero-order valence-corrected chi connectivity index (χ0v) is 16.7. The number of carbonyl (C=O) groups excluding carboxylic acids is 2. The Labute approximate surface area is 168 Å². The molecule has 0 spiro atoms. The first-order valence-electron chi connectivity index (χ1n) is 9.20. The van der Waals surface area contributed by atoms with E-state index in [2.05, 4.69) is 4.99 Å². The monoisotopic (exact) mass is 400 g/mol. The first kappa shape index (κ1) is 21.9. The molecule has 154 valence electrons. The Hall–Kier alpha value is -3.42. The maximum absolute atomic E-state index is 12.7. The molecule has 0 saturated carbocycles. The summed E-state index contributed by atoms with van der Waals surface area (Å²) in [6.45, 7) is 3.83. The molecule has 29 heavy (non-hydrogen) atoms. The van der Waals surface area contributed by atoms with Crippen LogP contribution in [0.2, 0.25) is 0 Å². The number of carbonyl (C=O) groups is 2. The number of esters is 2. The molecule has 0 N–H and O–H groups in total. The fourth-order valence-electron chi connectivity index (χ4n) is 2.51. The number of aromatic nitrogens is 1. The highest BCUT2D eigenvalue weighted by molar-refractivity contribution is 6.09. The molecule has 0 unspecified atom stereocenters. The lowest BCUT2D eigenvalue weighted by Gasteiger charge is -2.10. The first-order valence-corrected chi connectivity index (χ1v) is 9.20. The van der Waals surface area contributed by atoms with Crippen LogP contribution in [-0.2, 0) is 25.6 Å². The highest BCUT2D eigenvalue weighted by atomic mass is 16.6. The van der Waals surface area contributed by atoms with Gasteiger partial charge < -0.3 is 18.8 Å². The Morgan fingerprint density at radius 3 is 2.24 bits per heavy atom. The lowest BCUT2D eigenvalue weighted by molar-refractivity contribution is -0.157. The number of methoxy groups -OCH3 is 1. The highest BCUT2D eigenvalue weighted by Gasteiger charge is 2.27. The molecule has 8 nitrogen and oxygen atoms in total. The van der Waals surface area contributed by atoms with Crippen molar-refractivity contribution in [3.8, 4) is 5.75 Å². The van der Waals surface area contributed by atoms with Crippen molar-refractivity contribution in [2.75, 3.05) is 20.3 Å². The van der Waals surface area contributed by atoms with E-state index in [0.717, 1.165) is 17.5 Å². The summed E-state index contributed by atoms with van der Waals surface area (Å²) in [5, 5.41) is 0. The van der Waals surface area contributed by atoms with E-state index in [1.165, 1.54) is 10.6 Å². The second-order valence-electron chi connectivity index (χ2n) is 5.93. The normalized spacial score (nSPS) is 10.9. The molecule has 0 radical (unpaired) electrons. The fourth-order valence-corrected chi connectivity index (χ4v) is 2.51. The predicted molar refractivity (Wildman–Crippen MR) is 108 cm³/mol. The topological polar surface area (TPSA) is 96.2 Å². The summed E-state index contributed by atoms with van der Waals surface area (Å²) in [7, 11) is 1.58. The molecule has 0 fully saturated rings. The molecule has 2 aromatic rings. The largest absolute Gasteiger partial charge is 0.497 e. The molecule has 0 aliphatic rings. The number of rotatable bonds is 9. The molecule has 0 aliphatic heterocycles. The van der Waals surface area contributed by atoms with Crippen LogP contribution >= 0.6 is 0 Å². The van der Waals surface area contributed by atoms with E-state index in [4.69, 9.17) is 14.2 Å². The maximum Gasteiger partial charge on any atom is 0.325 e. The molecular formula is C21H24N2O6. The SMILES string of the molecule is CCOC(=O)C(C=Nc1cccn(Cc2ccc(OC)cc2)c1=O)C(=O)OCC. The third-order valence-electron chi connectivity index (χ3n) is 3.96. The van der Waals surface area contributed by atoms with Crippen LogP contribution in [0.3, 0.4) is 0 Å². The lowest BCUT2D eigenvalue weighted by Crippen LogP contribution is -2.29. The highest BCUT2D eigenvalue weighted by Crippen LogP contribution is 2.13. The van der Waals surface area contributed by atoms with Crippen molar-refractivity contribution in [1.82, 2.24) is 4.57 Å². The van der Waals surface area contributed by atoms with Crippen molar-refractivity contribution >= 4 is 23.8 Å². The van der Waals surface area contributed by atoms with E-state index in [0.29, 0.717) is 6.54 Å². The van der Waals surface area contributed by atoms with Gasteiger partial charge in [-0.3, -0.25) is 19.4 Å². The van der Waals surface area contributed by atoms with E-state index < -0.39 is 17.9 Å². The Balaban J connectivity index is 2.24. The zero-order chi connectivity index (χ0) is 21.2. The second-order valence-corrected chi connectivity index (χ2v) is 5.93. The van der Waals surface area contributed by atoms with E-state index in [9.17, 15) is 14.4 Å². The van der Waals surface area contributed by atoms with Gasteiger partial charge >= 0.3 is 11.9 Å². The van der Waals surface area contributed by atoms with E-state index in [-0.39, 0.29) is 24.5 Å². The molecule has 1 heterocycles. The van der Waals surface area contributed by atoms with Gasteiger partial charge in [-0.1, -0.05) is 12.1 Å². The summed E-state index contributed by atoms with van der Waals surface area (Å²) in [5.41, 5.74) is 0.649. The van der Waals surface area contributed by atoms with Crippen LogP contribution in [0.1, 0.15) is 19.4 Å². The van der Waals surface area contributed by atoms with Crippen LogP contribution < -0.4 is 10.3 Å². The molecule has 0 aliphatic carbocycles. The van der Waals surface area contributed by atoms with Crippen LogP contribution in [-0.4, -0.2) is 43.0 Å². The van der Waals surface area contributed by atoms with Gasteiger partial charge in [0.05, 0.1) is 26.9 Å². The third kappa shape index (κ3) is 6.03. The second kappa shape index (κ2) is 10.8. The molecule has 8 heteroatoms. The van der Waals surface area contributed by atoms with Gasteiger partial charge in [-0.15, -0.1) is 0 Å². The summed E-state index contributed by atoms with van der Waals surface area (Å²) >= 11 is 0. The van der Waals surface area contributed by atoms with Crippen LogP contribution in [0.4, 0.5) is 5.69 Å². The molecule has 0 saturated heterocycles. The van der Waals surface area contributed by atoms with Crippen LogP contribution in [0.5, 0.6) is 5.75 Å².